The van der Waals surface area contributed by atoms with Gasteiger partial charge in [0.25, 0.3) is 0 Å². The van der Waals surface area contributed by atoms with Crippen LogP contribution in [0.15, 0.2) is 0 Å². The van der Waals surface area contributed by atoms with E-state index in [1.807, 2.05) is 0 Å². The lowest BCUT2D eigenvalue weighted by Gasteiger charge is -2.32. The second kappa shape index (κ2) is 74.2. The van der Waals surface area contributed by atoms with Crippen molar-refractivity contribution in [3.05, 3.63) is 0 Å². The first-order valence-corrected chi connectivity index (χ1v) is 43.3. The molecule has 0 bridgehead atoms. The number of unbranched alkanes of at least 4 members (excludes halogenated alkanes) is 46. The van der Waals surface area contributed by atoms with Gasteiger partial charge in [-0.1, -0.05) is 336 Å². The van der Waals surface area contributed by atoms with Gasteiger partial charge in [-0.15, -0.1) is 0 Å². The largest absolute Gasteiger partial charge is 0.480 e. The van der Waals surface area contributed by atoms with E-state index in [0.717, 1.165) is 99.7 Å². The van der Waals surface area contributed by atoms with Crippen LogP contribution in [0.1, 0.15) is 394 Å². The number of hydrogen-bond donors (Lipinski definition) is 5. The van der Waals surface area contributed by atoms with Crippen LogP contribution < -0.4 is 0 Å². The standard InChI is InChI=1S/C85H157N3O18/c1-5-9-13-17-21-25-29-33-37-41-45-50-56-73(57-51-46-42-38-34-30-26-22-18-14-10-6-2)84(101)105-72-75(106-85(102)74(58-52-47-43-39-35-31-27-23-19-15-11-7-3)59-53-48-44-40-36-32-28-24-20-16-12-8-4)71-104-81(97)60-54-49-55-65-103-82(98)66-76(83(99)100)88(63-61-86(67-77(89)90)68-78(91)92)64-62-87(69-79(93)94)70-80(95)96/h73-76H,5-72H2,1-4H3,(H,89,90)(H,91,92)(H,93,94)(H,95,96)(H,99,100). The van der Waals surface area contributed by atoms with E-state index in [1.165, 1.54) is 236 Å². The quantitative estimate of drug-likeness (QED) is 0.0215. The zero-order chi connectivity index (χ0) is 78.1. The molecule has 5 N–H and O–H groups in total. The summed E-state index contributed by atoms with van der Waals surface area (Å²) in [4.78, 5) is 118. The number of esters is 4. The third-order valence-corrected chi connectivity index (χ3v) is 20.6. The van der Waals surface area contributed by atoms with Gasteiger partial charge in [0.15, 0.2) is 6.10 Å². The van der Waals surface area contributed by atoms with Crippen molar-refractivity contribution in [3.8, 4) is 0 Å². The van der Waals surface area contributed by atoms with Gasteiger partial charge in [0, 0.05) is 32.6 Å². The van der Waals surface area contributed by atoms with Gasteiger partial charge >= 0.3 is 53.7 Å². The first-order valence-electron chi connectivity index (χ1n) is 43.3. The minimum atomic E-state index is -1.61. The number of ether oxygens (including phenoxy) is 4. The molecule has 21 nitrogen and oxygen atoms in total. The highest BCUT2D eigenvalue weighted by Gasteiger charge is 2.32. The molecule has 0 aromatic heterocycles. The van der Waals surface area contributed by atoms with E-state index < -0.39 is 86.5 Å². The number of carbonyl (C=O) groups excluding carboxylic acids is 4. The molecule has 0 aromatic carbocycles. The van der Waals surface area contributed by atoms with Crippen molar-refractivity contribution in [1.29, 1.82) is 0 Å². The van der Waals surface area contributed by atoms with E-state index in [9.17, 15) is 68.7 Å². The Kier molecular flexibility index (Phi) is 70.8. The van der Waals surface area contributed by atoms with Crippen LogP contribution in [0.4, 0.5) is 0 Å². The van der Waals surface area contributed by atoms with E-state index in [1.54, 1.807) is 0 Å². The van der Waals surface area contributed by atoms with Crippen LogP contribution in [0.5, 0.6) is 0 Å². The fourth-order valence-electron chi connectivity index (χ4n) is 14.1. The maximum Gasteiger partial charge on any atom is 0.321 e. The average Bonchev–Trinajstić information content (AvgIpc) is 0.875. The second-order valence-electron chi connectivity index (χ2n) is 30.6. The molecule has 0 aliphatic rings. The summed E-state index contributed by atoms with van der Waals surface area (Å²) in [7, 11) is 0. The van der Waals surface area contributed by atoms with Crippen molar-refractivity contribution >= 4 is 53.7 Å². The third kappa shape index (κ3) is 66.1. The SMILES string of the molecule is CCCCCCCCCCCCCCC(CCCCCCCCCCCCCC)C(=O)OCC(COC(=O)CCCCCOC(=O)CC(C(=O)O)N(CCN(CC(=O)O)CC(=O)O)CCN(CC(=O)O)CC(=O)O)OC(=O)C(CCCCCCCCCCCCCC)CCCCCCCCCCCCCC. The number of carbonyl (C=O) groups is 9. The van der Waals surface area contributed by atoms with E-state index in [0.29, 0.717) is 25.7 Å². The summed E-state index contributed by atoms with van der Waals surface area (Å²) >= 11 is 0. The number of aliphatic carboxylic acids is 5. The van der Waals surface area contributed by atoms with Crippen molar-refractivity contribution in [3.63, 3.8) is 0 Å². The van der Waals surface area contributed by atoms with Gasteiger partial charge in [-0.05, 0) is 44.9 Å². The van der Waals surface area contributed by atoms with Crippen LogP contribution in [-0.4, -0.2) is 178 Å². The molecule has 0 aromatic rings. The maximum atomic E-state index is 14.6. The molecular formula is C85H157N3O18. The van der Waals surface area contributed by atoms with Crippen LogP contribution in [0, 0.1) is 11.8 Å². The van der Waals surface area contributed by atoms with Crippen molar-refractivity contribution in [2.75, 3.05) is 72.2 Å². The number of carboxylic acids is 5. The topological polar surface area (TPSA) is 301 Å². The maximum absolute atomic E-state index is 14.6. The summed E-state index contributed by atoms with van der Waals surface area (Å²) < 4.78 is 23.8. The number of rotatable bonds is 83. The first-order chi connectivity index (χ1) is 51.4. The van der Waals surface area contributed by atoms with Gasteiger partial charge in [0.05, 0.1) is 51.0 Å². The highest BCUT2D eigenvalue weighted by Crippen LogP contribution is 2.26. The monoisotopic (exact) mass is 1510 g/mol. The number of carboxylic acid groups (broad SMARTS) is 5. The predicted octanol–water partition coefficient (Wildman–Crippen LogP) is 19.8. The smallest absolute Gasteiger partial charge is 0.321 e. The van der Waals surface area contributed by atoms with E-state index >= 15 is 0 Å². The summed E-state index contributed by atoms with van der Waals surface area (Å²) in [6.07, 6.45) is 60.6. The molecule has 620 valence electrons. The van der Waals surface area contributed by atoms with Crippen molar-refractivity contribution in [2.24, 2.45) is 11.8 Å². The molecule has 2 atom stereocenters. The molecule has 0 rings (SSSR count). The van der Waals surface area contributed by atoms with Gasteiger partial charge in [0.1, 0.15) is 19.3 Å². The molecule has 21 heteroatoms. The highest BCUT2D eigenvalue weighted by atomic mass is 16.6. The minimum Gasteiger partial charge on any atom is -0.480 e. The molecule has 106 heavy (non-hydrogen) atoms. The summed E-state index contributed by atoms with van der Waals surface area (Å²) in [5, 5.41) is 47.9. The molecule has 0 spiro atoms. The summed E-state index contributed by atoms with van der Waals surface area (Å²) in [6, 6.07) is -1.61. The van der Waals surface area contributed by atoms with Gasteiger partial charge < -0.3 is 44.5 Å². The van der Waals surface area contributed by atoms with Crippen LogP contribution in [0.2, 0.25) is 0 Å². The van der Waals surface area contributed by atoms with Gasteiger partial charge in [-0.2, -0.15) is 0 Å². The van der Waals surface area contributed by atoms with Crippen LogP contribution in [-0.2, 0) is 62.1 Å². The Hall–Kier alpha value is -4.89. The molecule has 0 radical (unpaired) electrons. The summed E-state index contributed by atoms with van der Waals surface area (Å²) in [6.45, 7) is 4.39. The highest BCUT2D eigenvalue weighted by molar-refractivity contribution is 5.81. The Bertz CT molecular complexity index is 2040. The zero-order valence-electron chi connectivity index (χ0n) is 67.8. The first kappa shape index (κ1) is 101. The molecule has 0 saturated carbocycles. The van der Waals surface area contributed by atoms with Gasteiger partial charge in [0.2, 0.25) is 0 Å². The average molecular weight is 1510 g/mol. The molecule has 2 unspecified atom stereocenters. The molecular weight excluding hydrogens is 1350 g/mol. The summed E-state index contributed by atoms with van der Waals surface area (Å²) in [5.74, 6) is -9.60. The van der Waals surface area contributed by atoms with E-state index in [-0.39, 0.29) is 82.6 Å². The Balaban J connectivity index is 6.40. The second-order valence-corrected chi connectivity index (χ2v) is 30.6. The lowest BCUT2D eigenvalue weighted by molar-refractivity contribution is -0.171. The summed E-state index contributed by atoms with van der Waals surface area (Å²) in [5.41, 5.74) is 0. The third-order valence-electron chi connectivity index (χ3n) is 20.6. The van der Waals surface area contributed by atoms with Gasteiger partial charge in [-0.3, -0.25) is 57.9 Å². The normalized spacial score (nSPS) is 12.2. The van der Waals surface area contributed by atoms with Crippen LogP contribution >= 0.6 is 0 Å². The van der Waals surface area contributed by atoms with E-state index in [2.05, 4.69) is 27.7 Å². The molecule has 0 heterocycles. The Morgan fingerprint density at radius 1 is 0.292 bits per heavy atom. The molecule has 0 aliphatic carbocycles. The van der Waals surface area contributed by atoms with Crippen molar-refractivity contribution in [2.45, 2.75) is 406 Å². The van der Waals surface area contributed by atoms with Crippen molar-refractivity contribution < 1.29 is 87.6 Å². The fraction of sp³-hybridized carbons (Fsp3) is 0.894. The zero-order valence-corrected chi connectivity index (χ0v) is 67.8. The number of nitrogens with zero attached hydrogens (tertiary/aromatic N) is 3. The number of hydrogen-bond acceptors (Lipinski definition) is 16. The Morgan fingerprint density at radius 2 is 0.566 bits per heavy atom. The Labute approximate surface area is 643 Å². The van der Waals surface area contributed by atoms with E-state index in [4.69, 9.17) is 18.9 Å². The molecule has 0 amide bonds. The fourth-order valence-corrected chi connectivity index (χ4v) is 14.1. The predicted molar refractivity (Wildman–Crippen MR) is 422 cm³/mol. The molecule has 0 saturated heterocycles. The van der Waals surface area contributed by atoms with Crippen LogP contribution in [0.3, 0.4) is 0 Å². The lowest BCUT2D eigenvalue weighted by Crippen LogP contribution is -2.50. The Morgan fingerprint density at radius 3 is 0.858 bits per heavy atom. The van der Waals surface area contributed by atoms with Gasteiger partial charge in [-0.25, -0.2) is 0 Å². The van der Waals surface area contributed by atoms with Crippen molar-refractivity contribution in [1.82, 2.24) is 14.7 Å². The minimum absolute atomic E-state index is 0.0211. The molecule has 0 fully saturated rings. The molecule has 0 aliphatic heterocycles. The lowest BCUT2D eigenvalue weighted by atomic mass is 9.94. The van der Waals surface area contributed by atoms with Crippen LogP contribution in [0.25, 0.3) is 0 Å².